The molecule has 0 unspecified atom stereocenters. The smallest absolute Gasteiger partial charge is 0.0149 e. The van der Waals surface area contributed by atoms with Crippen molar-refractivity contribution in [1.82, 2.24) is 0 Å². The zero-order valence-corrected chi connectivity index (χ0v) is 0. The van der Waals surface area contributed by atoms with Crippen LogP contribution in [0.1, 0.15) is 0 Å². The normalized spacial score (nSPS) is 0. The van der Waals surface area contributed by atoms with Gasteiger partial charge in [-0.15, -0.1) is 0 Å². The van der Waals surface area contributed by atoms with Crippen LogP contribution in [0.15, 0.2) is 0 Å². The summed E-state index contributed by atoms with van der Waals surface area (Å²) in [4.78, 5) is 0. The first kappa shape index (κ1) is 32.9. The minimum absolute atomic E-state index is 0. The molecule has 0 amide bonds. The van der Waals surface area contributed by atoms with E-state index >= 15 is 0 Å². The van der Waals surface area contributed by atoms with E-state index in [4.69, 9.17) is 0 Å². The fraction of sp³-hybridized carbons (Fsp3) is 0. The molecule has 0 bridgehead atoms. The zero-order valence-electron chi connectivity index (χ0n) is 0. The number of rotatable bonds is 0. The molecule has 0 aromatic rings. The van der Waals surface area contributed by atoms with Gasteiger partial charge in [0, 0.05) is 0 Å². The SMILES string of the molecule is [AlH3].[LiH].[NaH].[SiH4]. The number of hydrogen-bond donors (Lipinski definition) is 0. The maximum Gasteiger partial charge on any atom is -0.0149 e. The van der Waals surface area contributed by atoms with Crippen molar-refractivity contribution in [2.45, 2.75) is 0 Å². The van der Waals surface area contributed by atoms with E-state index in [9.17, 15) is 0 Å². The predicted octanol–water partition coefficient (Wildman–Crippen LogP) is -3.93. The van der Waals surface area contributed by atoms with E-state index in [0.717, 1.165) is 0 Å². The van der Waals surface area contributed by atoms with Crippen LogP contribution in [0.5, 0.6) is 0 Å². The Morgan fingerprint density at radius 1 is 1.00 bits per heavy atom. The Bertz CT molecular complexity index is 8.00. The van der Waals surface area contributed by atoms with Gasteiger partial charge in [0.25, 0.3) is 0 Å². The van der Waals surface area contributed by atoms with Crippen molar-refractivity contribution >= 4 is 76.7 Å². The van der Waals surface area contributed by atoms with Crippen LogP contribution in [-0.4, -0.2) is 76.7 Å². The molecule has 0 aliphatic rings. The third-order valence-corrected chi connectivity index (χ3v) is 0. The van der Waals surface area contributed by atoms with Gasteiger partial charge in [0.05, 0.1) is 0 Å². The average Bonchev–Trinajstić information content (AvgIpc) is 0. The molecular weight excluding hydrogens is 85.0 g/mol. The molecular formula is H9AlLiNaSi. The molecule has 4 heavy (non-hydrogen) atoms. The molecule has 4 heteroatoms. The Balaban J connectivity index is 0. The summed E-state index contributed by atoms with van der Waals surface area (Å²) in [5, 5.41) is 0. The average molecular weight is 94.1 g/mol. The summed E-state index contributed by atoms with van der Waals surface area (Å²) in [6.45, 7) is 0. The quantitative estimate of drug-likeness (QED) is 0.269. The fourth-order valence-electron chi connectivity index (χ4n) is 0. The van der Waals surface area contributed by atoms with Crippen LogP contribution in [-0.2, 0) is 0 Å². The zero-order chi connectivity index (χ0) is 0. The molecule has 0 heterocycles. The second-order valence-electron chi connectivity index (χ2n) is 0. The molecule has 0 saturated carbocycles. The monoisotopic (exact) mass is 94.0 g/mol. The molecule has 0 aliphatic heterocycles. The molecule has 0 spiro atoms. The van der Waals surface area contributed by atoms with E-state index in [1.54, 1.807) is 0 Å². The van der Waals surface area contributed by atoms with Gasteiger partial charge in [-0.1, -0.05) is 0 Å². The van der Waals surface area contributed by atoms with Gasteiger partial charge in [0.1, 0.15) is 0 Å². The molecule has 0 aromatic heterocycles. The maximum absolute atomic E-state index is 0. The van der Waals surface area contributed by atoms with Crippen molar-refractivity contribution in [3.05, 3.63) is 0 Å². The summed E-state index contributed by atoms with van der Waals surface area (Å²) in [5.74, 6) is 0. The van der Waals surface area contributed by atoms with Gasteiger partial charge in [-0.3, -0.25) is 0 Å². The van der Waals surface area contributed by atoms with Crippen LogP contribution >= 0.6 is 0 Å². The van der Waals surface area contributed by atoms with Crippen molar-refractivity contribution < 1.29 is 0 Å². The Labute approximate surface area is 75.7 Å². The molecule has 0 aromatic carbocycles. The van der Waals surface area contributed by atoms with Crippen LogP contribution in [0.4, 0.5) is 0 Å². The molecule has 0 aliphatic carbocycles. The van der Waals surface area contributed by atoms with E-state index in [0.29, 0.717) is 0 Å². The standard InChI is InChI=1S/Al.Li.Na.H4Si.5H/h;;;1H4;;;;;. The van der Waals surface area contributed by atoms with Crippen LogP contribution in [0.25, 0.3) is 0 Å². The van der Waals surface area contributed by atoms with Gasteiger partial charge < -0.3 is 0 Å². The molecule has 0 radical (unpaired) electrons. The first-order valence-electron chi connectivity index (χ1n) is 0. The van der Waals surface area contributed by atoms with Gasteiger partial charge >= 0.3 is 48.4 Å². The molecule has 18 valence electrons. The first-order chi connectivity index (χ1) is 0. The number of hydrogen-bond acceptors (Lipinski definition) is 0. The van der Waals surface area contributed by atoms with Crippen molar-refractivity contribution in [2.24, 2.45) is 0 Å². The molecule has 0 N–H and O–H groups in total. The Hall–Kier alpha value is 2.35. The first-order valence-corrected chi connectivity index (χ1v) is 0. The molecule has 0 rings (SSSR count). The summed E-state index contributed by atoms with van der Waals surface area (Å²) in [6.07, 6.45) is 0. The largest absolute Gasteiger partial charge is 0.0149 e. The summed E-state index contributed by atoms with van der Waals surface area (Å²) >= 11 is 0. The summed E-state index contributed by atoms with van der Waals surface area (Å²) in [5.41, 5.74) is 0. The van der Waals surface area contributed by atoms with Crippen LogP contribution < -0.4 is 0 Å². The molecule has 0 fully saturated rings. The molecule has 0 nitrogen and oxygen atoms in total. The van der Waals surface area contributed by atoms with E-state index in [-0.39, 0.29) is 76.7 Å². The topological polar surface area (TPSA) is 0 Å². The van der Waals surface area contributed by atoms with Gasteiger partial charge in [0.15, 0.2) is 17.4 Å². The molecule has 0 saturated heterocycles. The van der Waals surface area contributed by atoms with Crippen LogP contribution in [0, 0.1) is 0 Å². The van der Waals surface area contributed by atoms with Gasteiger partial charge in [-0.2, -0.15) is 0 Å². The van der Waals surface area contributed by atoms with Crippen molar-refractivity contribution in [3.8, 4) is 0 Å². The fourth-order valence-corrected chi connectivity index (χ4v) is 0. The Morgan fingerprint density at radius 2 is 1.00 bits per heavy atom. The van der Waals surface area contributed by atoms with Crippen molar-refractivity contribution in [1.29, 1.82) is 0 Å². The second kappa shape index (κ2) is 18.3. The van der Waals surface area contributed by atoms with Gasteiger partial charge in [-0.05, 0) is 11.0 Å². The van der Waals surface area contributed by atoms with Crippen molar-refractivity contribution in [2.75, 3.05) is 0 Å². The van der Waals surface area contributed by atoms with Gasteiger partial charge in [-0.25, -0.2) is 0 Å². The van der Waals surface area contributed by atoms with Crippen LogP contribution in [0.3, 0.4) is 0 Å². The van der Waals surface area contributed by atoms with E-state index < -0.39 is 0 Å². The second-order valence-corrected chi connectivity index (χ2v) is 0. The van der Waals surface area contributed by atoms with E-state index in [2.05, 4.69) is 0 Å². The summed E-state index contributed by atoms with van der Waals surface area (Å²) in [7, 11) is 0. The Kier molecular flexibility index (Phi) is 151. The van der Waals surface area contributed by atoms with Crippen LogP contribution in [0.2, 0.25) is 0 Å². The minimum Gasteiger partial charge on any atom is -0.0149 e. The predicted molar refractivity (Wildman–Crippen MR) is 35.6 cm³/mol. The van der Waals surface area contributed by atoms with E-state index in [1.807, 2.05) is 0 Å². The van der Waals surface area contributed by atoms with Crippen molar-refractivity contribution in [3.63, 3.8) is 0 Å². The Morgan fingerprint density at radius 3 is 1.00 bits per heavy atom. The van der Waals surface area contributed by atoms with E-state index in [1.165, 1.54) is 0 Å². The molecule has 0 atom stereocenters. The third-order valence-electron chi connectivity index (χ3n) is 0. The van der Waals surface area contributed by atoms with Gasteiger partial charge in [0.2, 0.25) is 0 Å². The summed E-state index contributed by atoms with van der Waals surface area (Å²) < 4.78 is 0. The minimum atomic E-state index is 0. The summed E-state index contributed by atoms with van der Waals surface area (Å²) in [6, 6.07) is 0. The third kappa shape index (κ3) is 8.84. The maximum atomic E-state index is 0.